The highest BCUT2D eigenvalue weighted by atomic mass is 32.2. The van der Waals surface area contributed by atoms with Crippen molar-refractivity contribution < 1.29 is 0 Å². The third kappa shape index (κ3) is 6.79. The minimum atomic E-state index is 1.29. The van der Waals surface area contributed by atoms with E-state index < -0.39 is 0 Å². The topological polar surface area (TPSA) is 0 Å². The molecular weight excluding hydrogens is 188 g/mol. The van der Waals surface area contributed by atoms with E-state index in [4.69, 9.17) is 0 Å². The average molecular weight is 210 g/mol. The Balaban J connectivity index is 0. The van der Waals surface area contributed by atoms with Crippen molar-refractivity contribution in [2.45, 2.75) is 39.5 Å². The summed E-state index contributed by atoms with van der Waals surface area (Å²) in [5.74, 6) is 0. The monoisotopic (exact) mass is 210 g/mol. The molecule has 0 N–H and O–H groups in total. The van der Waals surface area contributed by atoms with E-state index in [9.17, 15) is 0 Å². The molecule has 0 fully saturated rings. The molecule has 0 nitrogen and oxygen atoms in total. The van der Waals surface area contributed by atoms with Gasteiger partial charge in [0.1, 0.15) is 0 Å². The van der Waals surface area contributed by atoms with Crippen LogP contribution < -0.4 is 0 Å². The Bertz CT molecular complexity index is 228. The second-order valence-corrected chi connectivity index (χ2v) is 3.06. The van der Waals surface area contributed by atoms with E-state index in [1.807, 2.05) is 45.2 Å². The fraction of sp³-hybridized carbons (Fsp3) is 0.385. The van der Waals surface area contributed by atoms with Crippen molar-refractivity contribution in [2.24, 2.45) is 0 Å². The highest BCUT2D eigenvalue weighted by Crippen LogP contribution is 2.21. The molecule has 1 heteroatoms. The Labute approximate surface area is 93.4 Å². The normalized spacial score (nSPS) is 7.50. The van der Waals surface area contributed by atoms with Gasteiger partial charge >= 0.3 is 0 Å². The molecule has 0 amide bonds. The number of thioether (sulfide) groups is 1. The fourth-order valence-electron chi connectivity index (χ4n) is 0.778. The molecule has 0 aliphatic heterocycles. The molecule has 0 spiro atoms. The Morgan fingerprint density at radius 2 is 1.57 bits per heavy atom. The van der Waals surface area contributed by atoms with Crippen LogP contribution in [0.5, 0.6) is 0 Å². The summed E-state index contributed by atoms with van der Waals surface area (Å²) in [6.07, 6.45) is 0. The van der Waals surface area contributed by atoms with Gasteiger partial charge in [-0.3, -0.25) is 0 Å². The summed E-state index contributed by atoms with van der Waals surface area (Å²) >= 11 is 1.67. The van der Waals surface area contributed by atoms with Crippen LogP contribution in [0.15, 0.2) is 41.1 Å². The summed E-state index contributed by atoms with van der Waals surface area (Å²) in [5, 5.41) is 1.85. The largest absolute Gasteiger partial charge is 0.0984 e. The van der Waals surface area contributed by atoms with Crippen molar-refractivity contribution in [3.05, 3.63) is 41.8 Å². The Hall–Kier alpha value is -0.690. The first-order valence-corrected chi connectivity index (χ1v) is 6.06. The van der Waals surface area contributed by atoms with Crippen LogP contribution in [0.2, 0.25) is 0 Å². The smallest absolute Gasteiger partial charge is 0.0145 e. The van der Waals surface area contributed by atoms with Crippen LogP contribution in [-0.2, 0) is 0 Å². The minimum absolute atomic E-state index is 1.29. The molecule has 1 rings (SSSR count). The zero-order valence-corrected chi connectivity index (χ0v) is 10.8. The summed E-state index contributed by atoms with van der Waals surface area (Å²) < 4.78 is 0. The van der Waals surface area contributed by atoms with Crippen molar-refractivity contribution in [1.29, 1.82) is 0 Å². The molecule has 80 valence electrons. The van der Waals surface area contributed by atoms with Crippen molar-refractivity contribution in [2.75, 3.05) is 0 Å². The number of hydrogen-bond acceptors (Lipinski definition) is 1. The SMILES string of the molecule is C=CSc1ccccc1C.CC.CC. The predicted octanol–water partition coefficient (Wildman–Crippen LogP) is 5.28. The molecule has 1 aromatic rings. The van der Waals surface area contributed by atoms with Crippen LogP contribution in [0, 0.1) is 6.92 Å². The highest BCUT2D eigenvalue weighted by Gasteiger charge is 1.91. The molecular formula is C13H22S. The van der Waals surface area contributed by atoms with Gasteiger partial charge in [0.15, 0.2) is 0 Å². The molecule has 0 atom stereocenters. The summed E-state index contributed by atoms with van der Waals surface area (Å²) in [5.41, 5.74) is 1.31. The first-order valence-electron chi connectivity index (χ1n) is 5.18. The number of rotatable bonds is 2. The number of benzene rings is 1. The third-order valence-electron chi connectivity index (χ3n) is 1.30. The second-order valence-electron chi connectivity index (χ2n) is 2.05. The highest BCUT2D eigenvalue weighted by molar-refractivity contribution is 8.02. The van der Waals surface area contributed by atoms with E-state index in [0.717, 1.165) is 0 Å². The molecule has 0 radical (unpaired) electrons. The zero-order chi connectivity index (χ0) is 11.4. The fourth-order valence-corrected chi connectivity index (χ4v) is 1.37. The summed E-state index contributed by atoms with van der Waals surface area (Å²) in [7, 11) is 0. The molecule has 1 aromatic carbocycles. The first kappa shape index (κ1) is 15.8. The van der Waals surface area contributed by atoms with Crippen LogP contribution in [0.3, 0.4) is 0 Å². The van der Waals surface area contributed by atoms with Gasteiger partial charge in [0, 0.05) is 4.90 Å². The van der Waals surface area contributed by atoms with Gasteiger partial charge in [-0.1, -0.05) is 64.2 Å². The Morgan fingerprint density at radius 3 is 2.00 bits per heavy atom. The van der Waals surface area contributed by atoms with Crippen molar-refractivity contribution >= 4 is 11.8 Å². The first-order chi connectivity index (χ1) is 6.84. The average Bonchev–Trinajstić information content (AvgIpc) is 2.28. The standard InChI is InChI=1S/C9H10S.2C2H6/c1-3-10-9-7-5-4-6-8(9)2;2*1-2/h3-7H,1H2,2H3;2*1-2H3. The molecule has 0 saturated carbocycles. The zero-order valence-electron chi connectivity index (χ0n) is 10.0. The second kappa shape index (κ2) is 12.3. The van der Waals surface area contributed by atoms with E-state index >= 15 is 0 Å². The van der Waals surface area contributed by atoms with Gasteiger partial charge in [-0.2, -0.15) is 0 Å². The Kier molecular flexibility index (Phi) is 13.9. The summed E-state index contributed by atoms with van der Waals surface area (Å²) in [6, 6.07) is 8.29. The van der Waals surface area contributed by atoms with Crippen LogP contribution in [0.25, 0.3) is 0 Å². The van der Waals surface area contributed by atoms with Gasteiger partial charge < -0.3 is 0 Å². The third-order valence-corrected chi connectivity index (χ3v) is 2.18. The molecule has 0 saturated heterocycles. The lowest BCUT2D eigenvalue weighted by Crippen LogP contribution is -1.73. The van der Waals surface area contributed by atoms with Gasteiger partial charge in [0.2, 0.25) is 0 Å². The lowest BCUT2D eigenvalue weighted by molar-refractivity contribution is 1.31. The van der Waals surface area contributed by atoms with Crippen molar-refractivity contribution in [1.82, 2.24) is 0 Å². The maximum atomic E-state index is 3.66. The summed E-state index contributed by atoms with van der Waals surface area (Å²) in [4.78, 5) is 1.29. The molecule has 0 aliphatic carbocycles. The maximum Gasteiger partial charge on any atom is 0.0145 e. The molecule has 0 aliphatic rings. The Morgan fingerprint density at radius 1 is 1.07 bits per heavy atom. The van der Waals surface area contributed by atoms with E-state index in [-0.39, 0.29) is 0 Å². The van der Waals surface area contributed by atoms with Gasteiger partial charge in [-0.25, -0.2) is 0 Å². The van der Waals surface area contributed by atoms with Crippen molar-refractivity contribution in [3.63, 3.8) is 0 Å². The molecule has 0 bridgehead atoms. The van der Waals surface area contributed by atoms with Crippen LogP contribution in [0.1, 0.15) is 33.3 Å². The van der Waals surface area contributed by atoms with Gasteiger partial charge in [-0.15, -0.1) is 0 Å². The van der Waals surface area contributed by atoms with E-state index in [0.29, 0.717) is 0 Å². The van der Waals surface area contributed by atoms with Crippen molar-refractivity contribution in [3.8, 4) is 0 Å². The molecule has 14 heavy (non-hydrogen) atoms. The van der Waals surface area contributed by atoms with Crippen LogP contribution in [0.4, 0.5) is 0 Å². The van der Waals surface area contributed by atoms with Gasteiger partial charge in [0.05, 0.1) is 0 Å². The van der Waals surface area contributed by atoms with Crippen LogP contribution in [-0.4, -0.2) is 0 Å². The van der Waals surface area contributed by atoms with E-state index in [1.165, 1.54) is 10.5 Å². The molecule has 0 aromatic heterocycles. The lowest BCUT2D eigenvalue weighted by atomic mass is 10.2. The number of hydrogen-bond donors (Lipinski definition) is 0. The molecule has 0 unspecified atom stereocenters. The minimum Gasteiger partial charge on any atom is -0.0984 e. The van der Waals surface area contributed by atoms with Crippen LogP contribution >= 0.6 is 11.8 Å². The van der Waals surface area contributed by atoms with E-state index in [2.05, 4.69) is 25.6 Å². The van der Waals surface area contributed by atoms with E-state index in [1.54, 1.807) is 11.8 Å². The summed E-state index contributed by atoms with van der Waals surface area (Å²) in [6.45, 7) is 13.8. The maximum absolute atomic E-state index is 3.66. The molecule has 0 heterocycles. The van der Waals surface area contributed by atoms with Gasteiger partial charge in [0.25, 0.3) is 0 Å². The number of aryl methyl sites for hydroxylation is 1. The predicted molar refractivity (Wildman–Crippen MR) is 69.9 cm³/mol. The lowest BCUT2D eigenvalue weighted by Gasteiger charge is -1.98. The quantitative estimate of drug-likeness (QED) is 0.598. The van der Waals surface area contributed by atoms with Gasteiger partial charge in [-0.05, 0) is 24.0 Å².